The lowest BCUT2D eigenvalue weighted by Crippen LogP contribution is -2.21. The molecule has 3 rings (SSSR count). The molecular weight excluding hydrogens is 318 g/mol. The average molecular weight is 339 g/mol. The molecule has 1 heterocycles. The number of aromatic nitrogens is 2. The molecule has 0 spiro atoms. The van der Waals surface area contributed by atoms with Crippen LogP contribution in [0, 0.1) is 4.77 Å². The Balaban J connectivity index is 1.73. The minimum absolute atomic E-state index is 0.747. The van der Waals surface area contributed by atoms with Crippen molar-refractivity contribution in [1.82, 2.24) is 14.0 Å². The summed E-state index contributed by atoms with van der Waals surface area (Å²) in [6.45, 7) is 1.63. The molecule has 0 aliphatic carbocycles. The first-order chi connectivity index (χ1) is 11.7. The number of rotatable bonds is 6. The second-order valence-electron chi connectivity index (χ2n) is 5.76. The number of hydrogen-bond acceptors (Lipinski definition) is 3. The highest BCUT2D eigenvalue weighted by Crippen LogP contribution is 2.16. The Bertz CT molecular complexity index is 837. The van der Waals surface area contributed by atoms with Crippen LogP contribution < -0.4 is 4.74 Å². The average Bonchev–Trinajstić information content (AvgIpc) is 2.96. The lowest BCUT2D eigenvalue weighted by molar-refractivity contribution is 0.258. The molecule has 24 heavy (non-hydrogen) atoms. The van der Waals surface area contributed by atoms with Crippen molar-refractivity contribution >= 4 is 12.2 Å². The maximum Gasteiger partial charge on any atom is 0.185 e. The third-order valence-corrected chi connectivity index (χ3v) is 4.32. The van der Waals surface area contributed by atoms with E-state index in [1.54, 1.807) is 7.11 Å². The summed E-state index contributed by atoms with van der Waals surface area (Å²) >= 11 is 5.62. The number of hydrogen-bond donors (Lipinski definition) is 0. The van der Waals surface area contributed by atoms with Crippen LogP contribution in [0.25, 0.3) is 5.69 Å². The number of imidazole rings is 1. The number of ether oxygens (including phenoxy) is 1. The summed E-state index contributed by atoms with van der Waals surface area (Å²) in [7, 11) is 3.76. The third kappa shape index (κ3) is 3.75. The summed E-state index contributed by atoms with van der Waals surface area (Å²) < 4.78 is 10.1. The molecule has 3 aromatic rings. The van der Waals surface area contributed by atoms with Gasteiger partial charge in [-0.15, -0.1) is 0 Å². The zero-order valence-electron chi connectivity index (χ0n) is 13.9. The predicted molar refractivity (Wildman–Crippen MR) is 99.1 cm³/mol. The standard InChI is InChI=1S/C19H21N3OS/c1-20(14-16-6-4-3-5-7-16)15-21-12-13-22(19(21)24)17-8-10-18(23-2)11-9-17/h3-13H,14-15H2,1-2H3. The largest absolute Gasteiger partial charge is 0.497 e. The molecule has 0 saturated heterocycles. The molecule has 0 saturated carbocycles. The van der Waals surface area contributed by atoms with E-state index in [-0.39, 0.29) is 0 Å². The van der Waals surface area contributed by atoms with Gasteiger partial charge in [0.1, 0.15) is 5.75 Å². The quantitative estimate of drug-likeness (QED) is 0.631. The van der Waals surface area contributed by atoms with Crippen molar-refractivity contribution in [3.05, 3.63) is 77.3 Å². The van der Waals surface area contributed by atoms with Gasteiger partial charge in [-0.2, -0.15) is 0 Å². The second kappa shape index (κ2) is 7.47. The van der Waals surface area contributed by atoms with E-state index >= 15 is 0 Å². The molecule has 0 radical (unpaired) electrons. The minimum atomic E-state index is 0.747. The SMILES string of the molecule is COc1ccc(-n2ccn(CN(C)Cc3ccccc3)c2=S)cc1. The molecule has 4 nitrogen and oxygen atoms in total. The number of nitrogens with zero attached hydrogens (tertiary/aromatic N) is 3. The maximum absolute atomic E-state index is 5.62. The summed E-state index contributed by atoms with van der Waals surface area (Å²) in [4.78, 5) is 2.24. The van der Waals surface area contributed by atoms with Crippen molar-refractivity contribution in [2.24, 2.45) is 0 Å². The molecule has 0 amide bonds. The van der Waals surface area contributed by atoms with Gasteiger partial charge in [-0.25, -0.2) is 0 Å². The van der Waals surface area contributed by atoms with Crippen molar-refractivity contribution in [2.45, 2.75) is 13.2 Å². The van der Waals surface area contributed by atoms with Gasteiger partial charge in [-0.3, -0.25) is 9.47 Å². The van der Waals surface area contributed by atoms with Crippen molar-refractivity contribution in [3.8, 4) is 11.4 Å². The van der Waals surface area contributed by atoms with E-state index in [4.69, 9.17) is 17.0 Å². The summed E-state index contributed by atoms with van der Waals surface area (Å²) in [6.07, 6.45) is 4.02. The van der Waals surface area contributed by atoms with Crippen molar-refractivity contribution in [2.75, 3.05) is 14.2 Å². The molecule has 0 aliphatic rings. The van der Waals surface area contributed by atoms with Gasteiger partial charge in [-0.1, -0.05) is 30.3 Å². The summed E-state index contributed by atoms with van der Waals surface area (Å²) in [5, 5.41) is 0. The number of benzene rings is 2. The van der Waals surface area contributed by atoms with Crippen LogP contribution in [0.4, 0.5) is 0 Å². The Kier molecular flexibility index (Phi) is 5.13. The van der Waals surface area contributed by atoms with Crippen LogP contribution in [-0.2, 0) is 13.2 Å². The van der Waals surface area contributed by atoms with Crippen molar-refractivity contribution < 1.29 is 4.74 Å². The molecule has 2 aromatic carbocycles. The molecular formula is C19H21N3OS. The topological polar surface area (TPSA) is 22.3 Å². The highest BCUT2D eigenvalue weighted by molar-refractivity contribution is 7.71. The third-order valence-electron chi connectivity index (χ3n) is 3.89. The predicted octanol–water partition coefficient (Wildman–Crippen LogP) is 4.11. The van der Waals surface area contributed by atoms with Crippen LogP contribution >= 0.6 is 12.2 Å². The van der Waals surface area contributed by atoms with Crippen LogP contribution in [0.2, 0.25) is 0 Å². The maximum atomic E-state index is 5.62. The van der Waals surface area contributed by atoms with E-state index in [0.29, 0.717) is 0 Å². The first-order valence-electron chi connectivity index (χ1n) is 7.82. The first kappa shape index (κ1) is 16.5. The Labute approximate surface area is 147 Å². The van der Waals surface area contributed by atoms with Crippen LogP contribution in [0.3, 0.4) is 0 Å². The highest BCUT2D eigenvalue weighted by atomic mass is 32.1. The van der Waals surface area contributed by atoms with Gasteiger partial charge in [0.2, 0.25) is 0 Å². The second-order valence-corrected chi connectivity index (χ2v) is 6.12. The first-order valence-corrected chi connectivity index (χ1v) is 8.23. The Morgan fingerprint density at radius 3 is 2.38 bits per heavy atom. The van der Waals surface area contributed by atoms with E-state index in [1.807, 2.05) is 47.3 Å². The molecule has 5 heteroatoms. The molecule has 0 aliphatic heterocycles. The fourth-order valence-electron chi connectivity index (χ4n) is 2.67. The lowest BCUT2D eigenvalue weighted by atomic mass is 10.2. The van der Waals surface area contributed by atoms with Gasteiger partial charge in [-0.05, 0) is 49.1 Å². The fraction of sp³-hybridized carbons (Fsp3) is 0.211. The monoisotopic (exact) mass is 339 g/mol. The van der Waals surface area contributed by atoms with Crippen molar-refractivity contribution in [1.29, 1.82) is 0 Å². The summed E-state index contributed by atoms with van der Waals surface area (Å²) in [6, 6.07) is 18.3. The van der Waals surface area contributed by atoms with E-state index in [1.165, 1.54) is 5.56 Å². The molecule has 0 N–H and O–H groups in total. The normalized spacial score (nSPS) is 11.0. The zero-order chi connectivity index (χ0) is 16.9. The van der Waals surface area contributed by atoms with Gasteiger partial charge in [0.25, 0.3) is 0 Å². The summed E-state index contributed by atoms with van der Waals surface area (Å²) in [5.41, 5.74) is 2.33. The van der Waals surface area contributed by atoms with Gasteiger partial charge < -0.3 is 9.30 Å². The molecule has 0 atom stereocenters. The van der Waals surface area contributed by atoms with Gasteiger partial charge in [0.05, 0.1) is 13.8 Å². The highest BCUT2D eigenvalue weighted by Gasteiger charge is 2.06. The Hall–Kier alpha value is -2.37. The van der Waals surface area contributed by atoms with Crippen LogP contribution in [-0.4, -0.2) is 28.2 Å². The molecule has 124 valence electrons. The van der Waals surface area contributed by atoms with Gasteiger partial charge in [0, 0.05) is 24.6 Å². The van der Waals surface area contributed by atoms with E-state index < -0.39 is 0 Å². The molecule has 0 bridgehead atoms. The van der Waals surface area contributed by atoms with Crippen molar-refractivity contribution in [3.63, 3.8) is 0 Å². The zero-order valence-corrected chi connectivity index (χ0v) is 14.7. The summed E-state index contributed by atoms with van der Waals surface area (Å²) in [5.74, 6) is 0.840. The van der Waals surface area contributed by atoms with E-state index in [2.05, 4.69) is 40.8 Å². The van der Waals surface area contributed by atoms with E-state index in [9.17, 15) is 0 Å². The van der Waals surface area contributed by atoms with E-state index in [0.717, 1.165) is 29.4 Å². The van der Waals surface area contributed by atoms with Crippen LogP contribution in [0.5, 0.6) is 5.75 Å². The molecule has 0 fully saturated rings. The van der Waals surface area contributed by atoms with Crippen LogP contribution in [0.15, 0.2) is 67.0 Å². The Morgan fingerprint density at radius 2 is 1.71 bits per heavy atom. The molecule has 0 unspecified atom stereocenters. The van der Waals surface area contributed by atoms with Gasteiger partial charge in [0.15, 0.2) is 4.77 Å². The Morgan fingerprint density at radius 1 is 1.00 bits per heavy atom. The van der Waals surface area contributed by atoms with Crippen LogP contribution in [0.1, 0.15) is 5.56 Å². The minimum Gasteiger partial charge on any atom is -0.497 e. The van der Waals surface area contributed by atoms with Gasteiger partial charge >= 0.3 is 0 Å². The number of methoxy groups -OCH3 is 1. The smallest absolute Gasteiger partial charge is 0.185 e. The fourth-order valence-corrected chi connectivity index (χ4v) is 2.95. The molecule has 1 aromatic heterocycles. The lowest BCUT2D eigenvalue weighted by Gasteiger charge is -2.17.